The predicted molar refractivity (Wildman–Crippen MR) is 204 cm³/mol. The molecule has 0 aliphatic carbocycles. The molecule has 8 aromatic rings. The molecule has 4 heteroatoms. The molecule has 0 bridgehead atoms. The summed E-state index contributed by atoms with van der Waals surface area (Å²) in [5.74, 6) is 1.91. The summed E-state index contributed by atoms with van der Waals surface area (Å²) in [4.78, 5) is 19.6. The van der Waals surface area contributed by atoms with E-state index in [0.717, 1.165) is 56.3 Å². The van der Waals surface area contributed by atoms with Crippen molar-refractivity contribution in [3.63, 3.8) is 0 Å². The average Bonchev–Trinajstić information content (AvgIpc) is 3.17. The minimum absolute atomic E-state index is 0.627. The molecule has 0 saturated carbocycles. The quantitative estimate of drug-likeness (QED) is 0.176. The molecule has 8 rings (SSSR count). The molecule has 2 heterocycles. The second-order valence-corrected chi connectivity index (χ2v) is 12.3. The van der Waals surface area contributed by atoms with Crippen LogP contribution < -0.4 is 0 Å². The van der Waals surface area contributed by atoms with Gasteiger partial charge in [0, 0.05) is 28.3 Å². The largest absolute Gasteiger partial charge is 0.256 e. The van der Waals surface area contributed by atoms with Crippen molar-refractivity contribution in [2.24, 2.45) is 0 Å². The number of hydrogen-bond acceptors (Lipinski definition) is 4. The highest BCUT2D eigenvalue weighted by Crippen LogP contribution is 2.36. The monoisotopic (exact) mass is 630 g/mol. The van der Waals surface area contributed by atoms with Gasteiger partial charge in [0.05, 0.1) is 5.52 Å². The van der Waals surface area contributed by atoms with E-state index in [4.69, 9.17) is 15.0 Å². The molecule has 0 N–H and O–H groups in total. The Morgan fingerprint density at radius 1 is 0.490 bits per heavy atom. The Hall–Kier alpha value is -6.26. The van der Waals surface area contributed by atoms with Crippen LogP contribution in [0.3, 0.4) is 0 Å². The Bertz CT molecular complexity index is 2430. The average molecular weight is 631 g/mol. The summed E-state index contributed by atoms with van der Waals surface area (Å²) in [5.41, 5.74) is 10.7. The molecule has 0 unspecified atom stereocenters. The molecule has 0 amide bonds. The summed E-state index contributed by atoms with van der Waals surface area (Å²) in [7, 11) is 0. The van der Waals surface area contributed by atoms with Gasteiger partial charge in [-0.2, -0.15) is 0 Å². The molecular formula is C45H34N4. The molecule has 6 aromatic carbocycles. The predicted octanol–water partition coefficient (Wildman–Crippen LogP) is 11.6. The van der Waals surface area contributed by atoms with E-state index in [0.29, 0.717) is 17.5 Å². The number of nitrogens with zero attached hydrogens (tertiary/aromatic N) is 4. The number of rotatable bonds is 7. The topological polar surface area (TPSA) is 51.6 Å². The van der Waals surface area contributed by atoms with Crippen LogP contribution in [-0.4, -0.2) is 19.9 Å². The molecule has 0 saturated heterocycles. The Kier molecular flexibility index (Phi) is 8.04. The van der Waals surface area contributed by atoms with Crippen molar-refractivity contribution in [1.82, 2.24) is 19.9 Å². The molecule has 0 radical (unpaired) electrons. The van der Waals surface area contributed by atoms with E-state index in [-0.39, 0.29) is 0 Å². The number of pyridine rings is 1. The van der Waals surface area contributed by atoms with Crippen LogP contribution in [0, 0.1) is 6.92 Å². The van der Waals surface area contributed by atoms with Crippen LogP contribution in [0.1, 0.15) is 24.5 Å². The maximum atomic E-state index is 5.08. The SMILES string of the molecule is CC/C=C\c1c(C)ccc2cc(-c3cc(-c4ccc5ncccc5c4)cc(-c4nc(-c5ccccc5)nc(-c5ccccc5)n4)c3)ccc12. The van der Waals surface area contributed by atoms with Crippen LogP contribution in [0.25, 0.3) is 84.2 Å². The molecule has 0 aliphatic rings. The zero-order valence-corrected chi connectivity index (χ0v) is 27.5. The van der Waals surface area contributed by atoms with Gasteiger partial charge in [0.25, 0.3) is 0 Å². The first-order valence-corrected chi connectivity index (χ1v) is 16.7. The lowest BCUT2D eigenvalue weighted by Crippen LogP contribution is -2.00. The minimum atomic E-state index is 0.627. The van der Waals surface area contributed by atoms with Crippen molar-refractivity contribution in [2.75, 3.05) is 0 Å². The highest BCUT2D eigenvalue weighted by atomic mass is 15.0. The standard InChI is InChI=1S/C45H34N4/c1-3-4-17-40-30(2)18-19-35-25-33(20-22-41(35)40)37-27-38(34-21-23-42-36(26-34)16-11-24-46-42)29-39(28-37)45-48-43(31-12-7-5-8-13-31)47-44(49-45)32-14-9-6-10-15-32/h4-29H,3H2,1-2H3/b17-4-. The van der Waals surface area contributed by atoms with E-state index in [1.165, 1.54) is 21.9 Å². The van der Waals surface area contributed by atoms with Crippen molar-refractivity contribution >= 4 is 27.8 Å². The molecule has 234 valence electrons. The van der Waals surface area contributed by atoms with E-state index in [9.17, 15) is 0 Å². The van der Waals surface area contributed by atoms with E-state index in [1.807, 2.05) is 72.9 Å². The maximum Gasteiger partial charge on any atom is 0.164 e. The van der Waals surface area contributed by atoms with Gasteiger partial charge in [0.1, 0.15) is 0 Å². The third kappa shape index (κ3) is 6.13. The lowest BCUT2D eigenvalue weighted by molar-refractivity contribution is 1.07. The van der Waals surface area contributed by atoms with Crippen LogP contribution >= 0.6 is 0 Å². The minimum Gasteiger partial charge on any atom is -0.256 e. The summed E-state index contributed by atoms with van der Waals surface area (Å²) >= 11 is 0. The molecule has 0 fully saturated rings. The Morgan fingerprint density at radius 2 is 1.08 bits per heavy atom. The van der Waals surface area contributed by atoms with Crippen molar-refractivity contribution in [1.29, 1.82) is 0 Å². The number of aromatic nitrogens is 4. The lowest BCUT2D eigenvalue weighted by Gasteiger charge is -2.14. The van der Waals surface area contributed by atoms with Gasteiger partial charge in [0.2, 0.25) is 0 Å². The lowest BCUT2D eigenvalue weighted by atomic mass is 9.92. The number of fused-ring (bicyclic) bond motifs is 2. The van der Waals surface area contributed by atoms with Crippen LogP contribution in [0.4, 0.5) is 0 Å². The molecule has 4 nitrogen and oxygen atoms in total. The van der Waals surface area contributed by atoms with Gasteiger partial charge in [-0.15, -0.1) is 0 Å². The van der Waals surface area contributed by atoms with E-state index < -0.39 is 0 Å². The summed E-state index contributed by atoms with van der Waals surface area (Å²) in [6.45, 7) is 4.35. The van der Waals surface area contributed by atoms with Crippen LogP contribution in [-0.2, 0) is 0 Å². The normalized spacial score (nSPS) is 11.5. The second kappa shape index (κ2) is 13.1. The summed E-state index contributed by atoms with van der Waals surface area (Å²) in [6, 6.07) is 48.7. The molecule has 2 aromatic heterocycles. The first-order valence-electron chi connectivity index (χ1n) is 16.7. The number of benzene rings is 6. The van der Waals surface area contributed by atoms with E-state index in [1.54, 1.807) is 0 Å². The van der Waals surface area contributed by atoms with Crippen molar-refractivity contribution < 1.29 is 0 Å². The number of hydrogen-bond donors (Lipinski definition) is 0. The number of aryl methyl sites for hydroxylation is 1. The van der Waals surface area contributed by atoms with Crippen LogP contribution in [0.15, 0.2) is 152 Å². The zero-order valence-electron chi connectivity index (χ0n) is 27.5. The van der Waals surface area contributed by atoms with Gasteiger partial charge in [-0.1, -0.05) is 116 Å². The molecule has 0 aliphatic heterocycles. The summed E-state index contributed by atoms with van der Waals surface area (Å²) in [6.07, 6.45) is 7.32. The molecular weight excluding hydrogens is 597 g/mol. The van der Waals surface area contributed by atoms with Crippen molar-refractivity contribution in [3.8, 4) is 56.4 Å². The van der Waals surface area contributed by atoms with Gasteiger partial charge in [-0.05, 0) is 100.0 Å². The second-order valence-electron chi connectivity index (χ2n) is 12.3. The fourth-order valence-electron chi connectivity index (χ4n) is 6.38. The van der Waals surface area contributed by atoms with E-state index in [2.05, 4.69) is 104 Å². The Morgan fingerprint density at radius 3 is 1.73 bits per heavy atom. The zero-order chi connectivity index (χ0) is 33.2. The summed E-state index contributed by atoms with van der Waals surface area (Å²) in [5, 5.41) is 3.56. The maximum absolute atomic E-state index is 5.08. The van der Waals surface area contributed by atoms with Gasteiger partial charge in [0.15, 0.2) is 17.5 Å². The van der Waals surface area contributed by atoms with Crippen molar-refractivity contribution in [2.45, 2.75) is 20.3 Å². The van der Waals surface area contributed by atoms with Gasteiger partial charge >= 0.3 is 0 Å². The van der Waals surface area contributed by atoms with Crippen molar-refractivity contribution in [3.05, 3.63) is 163 Å². The fraction of sp³-hybridized carbons (Fsp3) is 0.0667. The van der Waals surface area contributed by atoms with Crippen LogP contribution in [0.5, 0.6) is 0 Å². The molecule has 0 spiro atoms. The Balaban J connectivity index is 1.35. The van der Waals surface area contributed by atoms with Gasteiger partial charge in [-0.25, -0.2) is 15.0 Å². The highest BCUT2D eigenvalue weighted by Gasteiger charge is 2.15. The third-order valence-electron chi connectivity index (χ3n) is 8.96. The molecule has 49 heavy (non-hydrogen) atoms. The molecule has 0 atom stereocenters. The fourth-order valence-corrected chi connectivity index (χ4v) is 6.38. The Labute approximate surface area is 286 Å². The first kappa shape index (κ1) is 30.1. The van der Waals surface area contributed by atoms with E-state index >= 15 is 0 Å². The summed E-state index contributed by atoms with van der Waals surface area (Å²) < 4.78 is 0. The van der Waals surface area contributed by atoms with Gasteiger partial charge < -0.3 is 0 Å². The first-order chi connectivity index (χ1) is 24.1. The smallest absolute Gasteiger partial charge is 0.164 e. The van der Waals surface area contributed by atoms with Gasteiger partial charge in [-0.3, -0.25) is 4.98 Å². The number of allylic oxidation sites excluding steroid dienone is 1. The van der Waals surface area contributed by atoms with Crippen LogP contribution in [0.2, 0.25) is 0 Å². The third-order valence-corrected chi connectivity index (χ3v) is 8.96. The highest BCUT2D eigenvalue weighted by molar-refractivity contribution is 5.95.